The van der Waals surface area contributed by atoms with E-state index in [1.807, 2.05) is 0 Å². The van der Waals surface area contributed by atoms with Crippen LogP contribution in [0.25, 0.3) is 0 Å². The number of ether oxygens (including phenoxy) is 1. The van der Waals surface area contributed by atoms with Crippen LogP contribution in [0.5, 0.6) is 5.75 Å². The number of carbonyl (C=O) groups excluding carboxylic acids is 2. The highest BCUT2D eigenvalue weighted by Crippen LogP contribution is 2.14. The van der Waals surface area contributed by atoms with Crippen LogP contribution in [0, 0.1) is 0 Å². The molecule has 0 aliphatic heterocycles. The normalized spacial score (nSPS) is 12.2. The topological polar surface area (TPSA) is 101 Å². The summed E-state index contributed by atoms with van der Waals surface area (Å²) in [6, 6.07) is 2.35. The molecule has 0 spiro atoms. The summed E-state index contributed by atoms with van der Waals surface area (Å²) in [6.45, 7) is 8.18. The first-order chi connectivity index (χ1) is 18.2. The molecule has 0 bridgehead atoms. The number of carbonyl (C=O) groups is 2. The molecule has 1 heterocycles. The largest absolute Gasteiger partial charge is 0.506 e. The van der Waals surface area contributed by atoms with Crippen molar-refractivity contribution in [1.29, 1.82) is 0 Å². The minimum Gasteiger partial charge on any atom is -0.506 e. The molecule has 2 amide bonds. The van der Waals surface area contributed by atoms with Crippen LogP contribution in [0.15, 0.2) is 18.3 Å². The van der Waals surface area contributed by atoms with Gasteiger partial charge in [0.25, 0.3) is 0 Å². The van der Waals surface area contributed by atoms with Gasteiger partial charge >= 0.3 is 6.09 Å². The Labute approximate surface area is 231 Å². The molecule has 3 N–H and O–H groups in total. The summed E-state index contributed by atoms with van der Waals surface area (Å²) in [4.78, 5) is 29.2. The molecule has 0 saturated carbocycles. The predicted octanol–water partition coefficient (Wildman–Crippen LogP) is 7.60. The molecule has 0 fully saturated rings. The van der Waals surface area contributed by atoms with E-state index >= 15 is 0 Å². The maximum atomic E-state index is 12.8. The number of unbranched alkanes of at least 4 members (excludes halogenated alkanes) is 15. The molecule has 0 saturated heterocycles. The Bertz CT molecular complexity index is 746. The van der Waals surface area contributed by atoms with E-state index in [9.17, 15) is 14.7 Å². The number of nitrogens with zero attached hydrogens (tertiary/aromatic N) is 1. The lowest BCUT2D eigenvalue weighted by Gasteiger charge is -2.23. The van der Waals surface area contributed by atoms with Gasteiger partial charge in [-0.2, -0.15) is 0 Å². The smallest absolute Gasteiger partial charge is 0.408 e. The van der Waals surface area contributed by atoms with Gasteiger partial charge in [-0.05, 0) is 39.3 Å². The van der Waals surface area contributed by atoms with Crippen molar-refractivity contribution in [2.45, 2.75) is 148 Å². The van der Waals surface area contributed by atoms with Crippen molar-refractivity contribution in [3.63, 3.8) is 0 Å². The Balaban J connectivity index is 2.16. The van der Waals surface area contributed by atoms with Crippen LogP contribution in [-0.2, 0) is 16.0 Å². The average molecular weight is 534 g/mol. The highest BCUT2D eigenvalue weighted by atomic mass is 16.6. The van der Waals surface area contributed by atoms with Gasteiger partial charge in [0.15, 0.2) is 0 Å². The zero-order valence-corrected chi connectivity index (χ0v) is 24.7. The number of rotatable bonds is 21. The molecule has 1 unspecified atom stereocenters. The lowest BCUT2D eigenvalue weighted by Crippen LogP contribution is -2.49. The van der Waals surface area contributed by atoms with Crippen molar-refractivity contribution in [1.82, 2.24) is 15.6 Å². The van der Waals surface area contributed by atoms with Crippen LogP contribution >= 0.6 is 0 Å². The van der Waals surface area contributed by atoms with Gasteiger partial charge in [-0.15, -0.1) is 0 Å². The molecule has 7 nitrogen and oxygen atoms in total. The molecule has 1 aromatic rings. The van der Waals surface area contributed by atoms with E-state index in [1.54, 1.807) is 26.8 Å². The lowest BCUT2D eigenvalue weighted by molar-refractivity contribution is -0.123. The van der Waals surface area contributed by atoms with Crippen molar-refractivity contribution >= 4 is 12.0 Å². The van der Waals surface area contributed by atoms with Gasteiger partial charge in [-0.1, -0.05) is 103 Å². The van der Waals surface area contributed by atoms with Crippen LogP contribution < -0.4 is 10.6 Å². The summed E-state index contributed by atoms with van der Waals surface area (Å²) in [6.07, 6.45) is 21.8. The molecule has 38 heavy (non-hydrogen) atoms. The molecule has 1 atom stereocenters. The second kappa shape index (κ2) is 20.6. The first-order valence-electron chi connectivity index (χ1n) is 15.1. The standard InChI is InChI=1S/C31H55N3O4/c1-5-6-7-8-9-10-11-12-13-14-15-16-17-18-19-20-23-32-29(36)28(34-30(37)38-31(2,3)4)24-26-21-22-27(35)25-33-26/h21-22,25,28,35H,5-20,23-24H2,1-4H3,(H,32,36)(H,34,37). The number of hydrogen-bond donors (Lipinski definition) is 3. The molecule has 0 radical (unpaired) electrons. The molecule has 1 aromatic heterocycles. The van der Waals surface area contributed by atoms with Gasteiger partial charge < -0.3 is 20.5 Å². The van der Waals surface area contributed by atoms with Crippen LogP contribution in [-0.4, -0.2) is 40.3 Å². The zero-order valence-electron chi connectivity index (χ0n) is 24.7. The molecular formula is C31H55N3O4. The predicted molar refractivity (Wildman–Crippen MR) is 155 cm³/mol. The van der Waals surface area contributed by atoms with Crippen LogP contribution in [0.4, 0.5) is 4.79 Å². The Morgan fingerprint density at radius 2 is 1.34 bits per heavy atom. The highest BCUT2D eigenvalue weighted by Gasteiger charge is 2.25. The summed E-state index contributed by atoms with van der Waals surface area (Å²) in [5, 5.41) is 15.1. The molecule has 0 aromatic carbocycles. The van der Waals surface area contributed by atoms with E-state index in [-0.39, 0.29) is 18.1 Å². The maximum absolute atomic E-state index is 12.8. The fraction of sp³-hybridized carbons (Fsp3) is 0.774. The van der Waals surface area contributed by atoms with E-state index < -0.39 is 17.7 Å². The monoisotopic (exact) mass is 533 g/mol. The van der Waals surface area contributed by atoms with E-state index in [4.69, 9.17) is 4.74 Å². The molecule has 7 heteroatoms. The molecule has 0 aliphatic carbocycles. The van der Waals surface area contributed by atoms with Crippen molar-refractivity contribution in [2.75, 3.05) is 6.54 Å². The summed E-state index contributed by atoms with van der Waals surface area (Å²) in [5.41, 5.74) is -0.0588. The molecule has 1 rings (SSSR count). The van der Waals surface area contributed by atoms with E-state index in [2.05, 4.69) is 22.5 Å². The highest BCUT2D eigenvalue weighted by molar-refractivity contribution is 5.85. The van der Waals surface area contributed by atoms with E-state index in [0.717, 1.165) is 12.8 Å². The third-order valence-electron chi connectivity index (χ3n) is 6.56. The first kappa shape index (κ1) is 33.7. The maximum Gasteiger partial charge on any atom is 0.408 e. The van der Waals surface area contributed by atoms with Crippen LogP contribution in [0.2, 0.25) is 0 Å². The van der Waals surface area contributed by atoms with Crippen molar-refractivity contribution in [2.24, 2.45) is 0 Å². The summed E-state index contributed by atoms with van der Waals surface area (Å²) in [7, 11) is 0. The van der Waals surface area contributed by atoms with E-state index in [1.165, 1.54) is 102 Å². The number of nitrogens with one attached hydrogen (secondary N) is 2. The van der Waals surface area contributed by atoms with E-state index in [0.29, 0.717) is 12.2 Å². The minimum atomic E-state index is -0.803. The molecule has 0 aliphatic rings. The van der Waals surface area contributed by atoms with Gasteiger partial charge in [0.1, 0.15) is 17.4 Å². The van der Waals surface area contributed by atoms with Crippen molar-refractivity contribution in [3.05, 3.63) is 24.0 Å². The molecule has 218 valence electrons. The summed E-state index contributed by atoms with van der Waals surface area (Å²) in [5.74, 6) is -0.204. The molecular weight excluding hydrogens is 478 g/mol. The lowest BCUT2D eigenvalue weighted by atomic mass is 10.0. The van der Waals surface area contributed by atoms with Gasteiger partial charge in [0, 0.05) is 18.7 Å². The SMILES string of the molecule is CCCCCCCCCCCCCCCCCCNC(=O)C(Cc1ccc(O)cn1)NC(=O)OC(C)(C)C. The third-order valence-corrected chi connectivity index (χ3v) is 6.56. The van der Waals surface area contributed by atoms with Crippen molar-refractivity contribution in [3.8, 4) is 5.75 Å². The Hall–Kier alpha value is -2.31. The van der Waals surface area contributed by atoms with Gasteiger partial charge in [0.2, 0.25) is 5.91 Å². The summed E-state index contributed by atoms with van der Waals surface area (Å²) < 4.78 is 5.32. The fourth-order valence-corrected chi connectivity index (χ4v) is 4.41. The van der Waals surface area contributed by atoms with Crippen molar-refractivity contribution < 1.29 is 19.4 Å². The summed E-state index contributed by atoms with van der Waals surface area (Å²) >= 11 is 0. The Kier molecular flexibility index (Phi) is 18.3. The number of aromatic hydroxyl groups is 1. The second-order valence-corrected chi connectivity index (χ2v) is 11.5. The third kappa shape index (κ3) is 18.9. The van der Waals surface area contributed by atoms with Crippen LogP contribution in [0.3, 0.4) is 0 Å². The van der Waals surface area contributed by atoms with Crippen LogP contribution in [0.1, 0.15) is 136 Å². The number of hydrogen-bond acceptors (Lipinski definition) is 5. The minimum absolute atomic E-state index is 0.0540. The second-order valence-electron chi connectivity index (χ2n) is 11.5. The number of aromatic nitrogens is 1. The average Bonchev–Trinajstić information content (AvgIpc) is 2.85. The Morgan fingerprint density at radius 3 is 1.79 bits per heavy atom. The Morgan fingerprint density at radius 1 is 0.842 bits per heavy atom. The first-order valence-corrected chi connectivity index (χ1v) is 15.1. The van der Waals surface area contributed by atoms with Gasteiger partial charge in [-0.25, -0.2) is 4.79 Å². The zero-order chi connectivity index (χ0) is 28.1. The quantitative estimate of drug-likeness (QED) is 0.141. The number of alkyl carbamates (subject to hydrolysis) is 1. The van der Waals surface area contributed by atoms with Gasteiger partial charge in [-0.3, -0.25) is 9.78 Å². The van der Waals surface area contributed by atoms with Gasteiger partial charge in [0.05, 0.1) is 6.20 Å². The fourth-order valence-electron chi connectivity index (χ4n) is 4.41. The number of amides is 2. The number of pyridine rings is 1.